The summed E-state index contributed by atoms with van der Waals surface area (Å²) in [5, 5.41) is 14.5. The summed E-state index contributed by atoms with van der Waals surface area (Å²) in [5.41, 5.74) is 1.17. The van der Waals surface area contributed by atoms with Crippen LogP contribution in [0.5, 0.6) is 5.75 Å². The number of methoxy groups -OCH3 is 1. The number of aliphatic hydroxyl groups excluding tert-OH is 1. The van der Waals surface area contributed by atoms with E-state index < -0.39 is 17.8 Å². The fourth-order valence-electron chi connectivity index (χ4n) is 1.92. The Bertz CT molecular complexity index is 642. The van der Waals surface area contributed by atoms with Crippen LogP contribution in [-0.2, 0) is 0 Å². The summed E-state index contributed by atoms with van der Waals surface area (Å²) >= 11 is 1.43. The van der Waals surface area contributed by atoms with Crippen molar-refractivity contribution in [1.82, 2.24) is 5.32 Å². The summed E-state index contributed by atoms with van der Waals surface area (Å²) in [6.07, 6.45) is -0.767. The molecule has 0 aliphatic rings. The quantitative estimate of drug-likeness (QED) is 0.893. The lowest BCUT2D eigenvalue weighted by atomic mass is 10.1. The second-order valence-corrected chi connectivity index (χ2v) is 5.49. The summed E-state index contributed by atoms with van der Waals surface area (Å²) in [5.74, 6) is -0.953. The van der Waals surface area contributed by atoms with E-state index in [1.165, 1.54) is 30.6 Å². The molecule has 4 nitrogen and oxygen atoms in total. The molecule has 0 radical (unpaired) electrons. The van der Waals surface area contributed by atoms with Gasteiger partial charge in [0, 0.05) is 17.0 Å². The molecule has 0 fully saturated rings. The maximum Gasteiger partial charge on any atom is 0.251 e. The van der Waals surface area contributed by atoms with E-state index in [9.17, 15) is 14.3 Å². The number of hydrogen-bond acceptors (Lipinski definition) is 4. The van der Waals surface area contributed by atoms with Crippen LogP contribution in [0.4, 0.5) is 4.39 Å². The van der Waals surface area contributed by atoms with Gasteiger partial charge < -0.3 is 15.2 Å². The first-order valence-corrected chi connectivity index (χ1v) is 7.24. The number of halogens is 1. The zero-order valence-corrected chi connectivity index (χ0v) is 12.5. The number of nitrogens with one attached hydrogen (secondary N) is 1. The molecule has 1 atom stereocenters. The summed E-state index contributed by atoms with van der Waals surface area (Å²) < 4.78 is 18.3. The number of ether oxygens (including phenoxy) is 1. The van der Waals surface area contributed by atoms with Gasteiger partial charge in [-0.1, -0.05) is 0 Å². The Balaban J connectivity index is 1.99. The molecule has 1 amide bonds. The van der Waals surface area contributed by atoms with Gasteiger partial charge in [0.1, 0.15) is 6.10 Å². The number of carbonyl (C=O) groups excluding carboxylic acids is 1. The number of benzene rings is 1. The zero-order valence-electron chi connectivity index (χ0n) is 11.7. The molecule has 0 aliphatic heterocycles. The fraction of sp³-hybridized carbons (Fsp3) is 0.267. The average Bonchev–Trinajstić information content (AvgIpc) is 2.90. The Morgan fingerprint density at radius 2 is 2.24 bits per heavy atom. The Morgan fingerprint density at radius 1 is 1.48 bits per heavy atom. The third-order valence-corrected chi connectivity index (χ3v) is 4.19. The minimum atomic E-state index is -0.767. The normalized spacial score (nSPS) is 12.0. The van der Waals surface area contributed by atoms with Crippen molar-refractivity contribution in [3.8, 4) is 5.75 Å². The predicted octanol–water partition coefficient (Wildman–Crippen LogP) is 2.67. The van der Waals surface area contributed by atoms with E-state index in [1.54, 1.807) is 0 Å². The summed E-state index contributed by atoms with van der Waals surface area (Å²) in [7, 11) is 1.36. The van der Waals surface area contributed by atoms with Gasteiger partial charge in [0.15, 0.2) is 11.6 Å². The molecule has 1 unspecified atom stereocenters. The SMILES string of the molecule is COc1ccc(C(=O)NCC(O)c2sccc2C)cc1F. The molecule has 1 aromatic carbocycles. The molecule has 2 aromatic rings. The van der Waals surface area contributed by atoms with Crippen LogP contribution in [0.2, 0.25) is 0 Å². The predicted molar refractivity (Wildman–Crippen MR) is 79.3 cm³/mol. The van der Waals surface area contributed by atoms with Crippen LogP contribution in [-0.4, -0.2) is 24.7 Å². The molecule has 2 rings (SSSR count). The van der Waals surface area contributed by atoms with E-state index in [0.717, 1.165) is 16.5 Å². The van der Waals surface area contributed by atoms with Gasteiger partial charge in [-0.2, -0.15) is 0 Å². The van der Waals surface area contributed by atoms with E-state index in [0.29, 0.717) is 0 Å². The standard InChI is InChI=1S/C15H16FNO3S/c1-9-5-6-21-14(9)12(18)8-17-15(19)10-3-4-13(20-2)11(16)7-10/h3-7,12,18H,8H2,1-2H3,(H,17,19). The molecular formula is C15H16FNO3S. The highest BCUT2D eigenvalue weighted by Crippen LogP contribution is 2.23. The molecule has 0 saturated heterocycles. The average molecular weight is 309 g/mol. The van der Waals surface area contributed by atoms with Gasteiger partial charge in [0.2, 0.25) is 0 Å². The highest BCUT2D eigenvalue weighted by molar-refractivity contribution is 7.10. The molecule has 21 heavy (non-hydrogen) atoms. The molecular weight excluding hydrogens is 293 g/mol. The van der Waals surface area contributed by atoms with Crippen LogP contribution in [0, 0.1) is 12.7 Å². The van der Waals surface area contributed by atoms with Gasteiger partial charge in [-0.15, -0.1) is 11.3 Å². The number of amides is 1. The van der Waals surface area contributed by atoms with Gasteiger partial charge in [-0.3, -0.25) is 4.79 Å². The highest BCUT2D eigenvalue weighted by atomic mass is 32.1. The first-order chi connectivity index (χ1) is 10.0. The summed E-state index contributed by atoms with van der Waals surface area (Å²) in [6, 6.07) is 5.88. The van der Waals surface area contributed by atoms with Crippen molar-refractivity contribution in [2.45, 2.75) is 13.0 Å². The van der Waals surface area contributed by atoms with Crippen molar-refractivity contribution in [2.24, 2.45) is 0 Å². The number of hydrogen-bond donors (Lipinski definition) is 2. The first kappa shape index (κ1) is 15.5. The molecule has 0 spiro atoms. The molecule has 1 aromatic heterocycles. The third-order valence-electron chi connectivity index (χ3n) is 3.07. The Morgan fingerprint density at radius 3 is 2.81 bits per heavy atom. The minimum Gasteiger partial charge on any atom is -0.494 e. The van der Waals surface area contributed by atoms with Crippen molar-refractivity contribution in [1.29, 1.82) is 0 Å². The van der Waals surface area contributed by atoms with Crippen LogP contribution < -0.4 is 10.1 Å². The maximum absolute atomic E-state index is 13.5. The number of aliphatic hydroxyl groups is 1. The van der Waals surface area contributed by atoms with Gasteiger partial charge in [-0.25, -0.2) is 4.39 Å². The van der Waals surface area contributed by atoms with E-state index in [2.05, 4.69) is 5.32 Å². The molecule has 0 aliphatic carbocycles. The Kier molecular flexibility index (Phi) is 4.93. The number of thiophene rings is 1. The molecule has 0 bridgehead atoms. The lowest BCUT2D eigenvalue weighted by Crippen LogP contribution is -2.28. The van der Waals surface area contributed by atoms with Crippen LogP contribution in [0.1, 0.15) is 26.9 Å². The Hall–Kier alpha value is -1.92. The second-order valence-electron chi connectivity index (χ2n) is 4.54. The largest absolute Gasteiger partial charge is 0.494 e. The maximum atomic E-state index is 13.5. The number of carbonyl (C=O) groups is 1. The third kappa shape index (κ3) is 3.59. The zero-order chi connectivity index (χ0) is 15.4. The van der Waals surface area contributed by atoms with Gasteiger partial charge in [0.25, 0.3) is 5.91 Å². The van der Waals surface area contributed by atoms with Gasteiger partial charge in [0.05, 0.1) is 7.11 Å². The molecule has 1 heterocycles. The topological polar surface area (TPSA) is 58.6 Å². The van der Waals surface area contributed by atoms with Crippen molar-refractivity contribution >= 4 is 17.2 Å². The van der Waals surface area contributed by atoms with Crippen molar-refractivity contribution in [3.05, 3.63) is 51.5 Å². The van der Waals surface area contributed by atoms with Crippen LogP contribution >= 0.6 is 11.3 Å². The van der Waals surface area contributed by atoms with E-state index in [4.69, 9.17) is 4.74 Å². The van der Waals surface area contributed by atoms with Gasteiger partial charge >= 0.3 is 0 Å². The molecule has 112 valence electrons. The van der Waals surface area contributed by atoms with E-state index in [1.807, 2.05) is 18.4 Å². The second kappa shape index (κ2) is 6.69. The molecule has 0 saturated carbocycles. The van der Waals surface area contributed by atoms with Crippen LogP contribution in [0.15, 0.2) is 29.6 Å². The first-order valence-electron chi connectivity index (χ1n) is 6.36. The number of aryl methyl sites for hydroxylation is 1. The lowest BCUT2D eigenvalue weighted by Gasteiger charge is -2.12. The summed E-state index contributed by atoms with van der Waals surface area (Å²) in [6.45, 7) is 1.98. The Labute approximate surface area is 126 Å². The smallest absolute Gasteiger partial charge is 0.251 e. The fourth-order valence-corrected chi connectivity index (χ4v) is 2.83. The van der Waals surface area contributed by atoms with Crippen molar-refractivity contribution in [3.63, 3.8) is 0 Å². The molecule has 2 N–H and O–H groups in total. The molecule has 6 heteroatoms. The van der Waals surface area contributed by atoms with E-state index in [-0.39, 0.29) is 17.9 Å². The van der Waals surface area contributed by atoms with Crippen LogP contribution in [0.25, 0.3) is 0 Å². The minimum absolute atomic E-state index is 0.0772. The number of rotatable bonds is 5. The van der Waals surface area contributed by atoms with Crippen LogP contribution in [0.3, 0.4) is 0 Å². The highest BCUT2D eigenvalue weighted by Gasteiger charge is 2.15. The summed E-state index contributed by atoms with van der Waals surface area (Å²) in [4.78, 5) is 12.7. The monoisotopic (exact) mass is 309 g/mol. The van der Waals surface area contributed by atoms with Gasteiger partial charge in [-0.05, 0) is 42.1 Å². The van der Waals surface area contributed by atoms with Crippen molar-refractivity contribution < 1.29 is 19.0 Å². The van der Waals surface area contributed by atoms with Crippen molar-refractivity contribution in [2.75, 3.05) is 13.7 Å². The lowest BCUT2D eigenvalue weighted by molar-refractivity contribution is 0.0917. The van der Waals surface area contributed by atoms with E-state index >= 15 is 0 Å².